The predicted octanol–water partition coefficient (Wildman–Crippen LogP) is 3.91. The van der Waals surface area contributed by atoms with Crippen molar-refractivity contribution in [3.63, 3.8) is 0 Å². The lowest BCUT2D eigenvalue weighted by Crippen LogP contribution is -2.35. The number of nitrogens with zero attached hydrogens (tertiary/aromatic N) is 1. The summed E-state index contributed by atoms with van der Waals surface area (Å²) in [7, 11) is -3.63. The van der Waals surface area contributed by atoms with Crippen LogP contribution in [0.4, 0.5) is 10.1 Å². The summed E-state index contributed by atoms with van der Waals surface area (Å²) < 4.78 is 40.0. The molecule has 5 nitrogen and oxygen atoms in total. The molecule has 2 aromatic carbocycles. The SMILES string of the molecule is O=C(Nc1ccc(F)cc1Cl)c1cccc(S(=O)(=O)N2CCCCC2)c1. The average molecular weight is 397 g/mol. The number of amides is 1. The zero-order chi connectivity index (χ0) is 18.7. The van der Waals surface area contributed by atoms with Gasteiger partial charge in [-0.1, -0.05) is 24.1 Å². The number of sulfonamides is 1. The Morgan fingerprint density at radius 3 is 2.50 bits per heavy atom. The molecule has 0 radical (unpaired) electrons. The summed E-state index contributed by atoms with van der Waals surface area (Å²) in [6, 6.07) is 9.49. The number of carbonyl (C=O) groups is 1. The van der Waals surface area contributed by atoms with Crippen LogP contribution in [0.15, 0.2) is 47.4 Å². The van der Waals surface area contributed by atoms with Crippen LogP contribution in [0, 0.1) is 5.82 Å². The molecule has 0 spiro atoms. The molecule has 1 N–H and O–H groups in total. The summed E-state index contributed by atoms with van der Waals surface area (Å²) in [4.78, 5) is 12.5. The summed E-state index contributed by atoms with van der Waals surface area (Å²) in [5.74, 6) is -1.03. The molecule has 0 aliphatic carbocycles. The molecule has 2 aromatic rings. The first-order valence-corrected chi connectivity index (χ1v) is 10.1. The average Bonchev–Trinajstić information content (AvgIpc) is 2.65. The lowest BCUT2D eigenvalue weighted by molar-refractivity contribution is 0.102. The summed E-state index contributed by atoms with van der Waals surface area (Å²) >= 11 is 5.91. The Hall–Kier alpha value is -1.96. The number of halogens is 2. The number of hydrogen-bond acceptors (Lipinski definition) is 3. The number of nitrogens with one attached hydrogen (secondary N) is 1. The summed E-state index contributed by atoms with van der Waals surface area (Å²) in [5, 5.41) is 2.63. The monoisotopic (exact) mass is 396 g/mol. The van der Waals surface area contributed by atoms with Crippen LogP contribution in [0.25, 0.3) is 0 Å². The Labute approximate surface area is 156 Å². The summed E-state index contributed by atoms with van der Waals surface area (Å²) in [5.41, 5.74) is 0.436. The third kappa shape index (κ3) is 4.06. The molecule has 8 heteroatoms. The van der Waals surface area contributed by atoms with Crippen LogP contribution >= 0.6 is 11.6 Å². The minimum atomic E-state index is -3.63. The fourth-order valence-corrected chi connectivity index (χ4v) is 4.62. The lowest BCUT2D eigenvalue weighted by Gasteiger charge is -2.26. The van der Waals surface area contributed by atoms with Crippen LogP contribution in [0.2, 0.25) is 5.02 Å². The molecule has 1 saturated heterocycles. The maximum Gasteiger partial charge on any atom is 0.255 e. The van der Waals surface area contributed by atoms with Crippen LogP contribution in [0.1, 0.15) is 29.6 Å². The highest BCUT2D eigenvalue weighted by Crippen LogP contribution is 2.24. The number of piperidine rings is 1. The second-order valence-corrected chi connectivity index (χ2v) is 8.42. The second-order valence-electron chi connectivity index (χ2n) is 6.07. The van der Waals surface area contributed by atoms with Crippen LogP contribution in [-0.2, 0) is 10.0 Å². The van der Waals surface area contributed by atoms with Crippen LogP contribution in [0.3, 0.4) is 0 Å². The molecule has 1 heterocycles. The van der Waals surface area contributed by atoms with Gasteiger partial charge in [0.2, 0.25) is 10.0 Å². The van der Waals surface area contributed by atoms with Gasteiger partial charge in [0, 0.05) is 18.7 Å². The molecule has 0 bridgehead atoms. The van der Waals surface area contributed by atoms with E-state index in [0.717, 1.165) is 25.3 Å². The lowest BCUT2D eigenvalue weighted by atomic mass is 10.2. The molecule has 0 atom stereocenters. The first kappa shape index (κ1) is 18.8. The molecule has 0 unspecified atom stereocenters. The quantitative estimate of drug-likeness (QED) is 0.852. The van der Waals surface area contributed by atoms with E-state index in [1.807, 2.05) is 0 Å². The fraction of sp³-hybridized carbons (Fsp3) is 0.278. The molecule has 26 heavy (non-hydrogen) atoms. The normalized spacial score (nSPS) is 15.6. The third-order valence-corrected chi connectivity index (χ3v) is 6.44. The van der Waals surface area contributed by atoms with E-state index < -0.39 is 21.7 Å². The van der Waals surface area contributed by atoms with Crippen molar-refractivity contribution in [2.75, 3.05) is 18.4 Å². The van der Waals surface area contributed by atoms with Crippen LogP contribution in [0.5, 0.6) is 0 Å². The number of benzene rings is 2. The summed E-state index contributed by atoms with van der Waals surface area (Å²) in [6.45, 7) is 0.980. The van der Waals surface area contributed by atoms with Gasteiger partial charge in [0.1, 0.15) is 5.82 Å². The molecule has 1 amide bonds. The summed E-state index contributed by atoms with van der Waals surface area (Å²) in [6.07, 6.45) is 2.69. The maximum atomic E-state index is 13.1. The van der Waals surface area contributed by atoms with E-state index in [0.29, 0.717) is 13.1 Å². The molecule has 0 saturated carbocycles. The first-order chi connectivity index (χ1) is 12.4. The van der Waals surface area contributed by atoms with Gasteiger partial charge in [0.15, 0.2) is 0 Å². The number of anilines is 1. The minimum absolute atomic E-state index is 0.0652. The molecule has 1 aliphatic rings. The van der Waals surface area contributed by atoms with E-state index in [4.69, 9.17) is 11.6 Å². The molecule has 1 fully saturated rings. The number of carbonyl (C=O) groups excluding carboxylic acids is 1. The molecule has 138 valence electrons. The van der Waals surface area contributed by atoms with E-state index in [-0.39, 0.29) is 21.2 Å². The highest BCUT2D eigenvalue weighted by Gasteiger charge is 2.26. The van der Waals surface area contributed by atoms with Crippen molar-refractivity contribution in [1.82, 2.24) is 4.31 Å². The largest absolute Gasteiger partial charge is 0.321 e. The maximum absolute atomic E-state index is 13.1. The van der Waals surface area contributed by atoms with Crippen molar-refractivity contribution in [2.45, 2.75) is 24.2 Å². The van der Waals surface area contributed by atoms with Gasteiger partial charge in [-0.3, -0.25) is 4.79 Å². The number of hydrogen-bond donors (Lipinski definition) is 1. The van der Waals surface area contributed by atoms with Gasteiger partial charge in [0.05, 0.1) is 15.6 Å². The predicted molar refractivity (Wildman–Crippen MR) is 98.4 cm³/mol. The van der Waals surface area contributed by atoms with Gasteiger partial charge in [0.25, 0.3) is 5.91 Å². The Morgan fingerprint density at radius 1 is 1.08 bits per heavy atom. The van der Waals surface area contributed by atoms with E-state index in [1.54, 1.807) is 0 Å². The molecule has 3 rings (SSSR count). The molecule has 0 aromatic heterocycles. The second kappa shape index (κ2) is 7.73. The van der Waals surface area contributed by atoms with Crippen LogP contribution in [-0.4, -0.2) is 31.7 Å². The van der Waals surface area contributed by atoms with E-state index in [9.17, 15) is 17.6 Å². The highest BCUT2D eigenvalue weighted by molar-refractivity contribution is 7.89. The zero-order valence-electron chi connectivity index (χ0n) is 13.9. The van der Waals surface area contributed by atoms with Crippen molar-refractivity contribution >= 4 is 33.2 Å². The van der Waals surface area contributed by atoms with Crippen molar-refractivity contribution in [3.8, 4) is 0 Å². The molecular weight excluding hydrogens is 379 g/mol. The van der Waals surface area contributed by atoms with Crippen LogP contribution < -0.4 is 5.32 Å². The van der Waals surface area contributed by atoms with Crippen molar-refractivity contribution in [1.29, 1.82) is 0 Å². The van der Waals surface area contributed by atoms with E-state index in [2.05, 4.69) is 5.32 Å². The van der Waals surface area contributed by atoms with E-state index >= 15 is 0 Å². The minimum Gasteiger partial charge on any atom is -0.321 e. The standard InChI is InChI=1S/C18H18ClFN2O3S/c19-16-12-14(20)7-8-17(16)21-18(23)13-5-4-6-15(11-13)26(24,25)22-9-2-1-3-10-22/h4-8,11-12H,1-3,9-10H2,(H,21,23). The highest BCUT2D eigenvalue weighted by atomic mass is 35.5. The topological polar surface area (TPSA) is 66.5 Å². The Morgan fingerprint density at radius 2 is 1.81 bits per heavy atom. The van der Waals surface area contributed by atoms with E-state index in [1.165, 1.54) is 40.7 Å². The van der Waals surface area contributed by atoms with Gasteiger partial charge in [-0.15, -0.1) is 0 Å². The fourth-order valence-electron chi connectivity index (χ4n) is 2.84. The smallest absolute Gasteiger partial charge is 0.255 e. The molecular formula is C18H18ClFN2O3S. The van der Waals surface area contributed by atoms with Gasteiger partial charge in [-0.2, -0.15) is 4.31 Å². The number of rotatable bonds is 4. The third-order valence-electron chi connectivity index (χ3n) is 4.23. The zero-order valence-corrected chi connectivity index (χ0v) is 15.5. The van der Waals surface area contributed by atoms with Gasteiger partial charge in [-0.25, -0.2) is 12.8 Å². The Kier molecular flexibility index (Phi) is 5.60. The molecule has 1 aliphatic heterocycles. The van der Waals surface area contributed by atoms with Crippen molar-refractivity contribution in [2.24, 2.45) is 0 Å². The van der Waals surface area contributed by atoms with Crippen molar-refractivity contribution in [3.05, 3.63) is 58.9 Å². The van der Waals surface area contributed by atoms with Gasteiger partial charge < -0.3 is 5.32 Å². The Balaban J connectivity index is 1.83. The Bertz CT molecular complexity index is 928. The first-order valence-electron chi connectivity index (χ1n) is 8.24. The van der Waals surface area contributed by atoms with Crippen molar-refractivity contribution < 1.29 is 17.6 Å². The van der Waals surface area contributed by atoms with Gasteiger partial charge in [-0.05, 0) is 49.2 Å². The van der Waals surface area contributed by atoms with Gasteiger partial charge >= 0.3 is 0 Å².